The van der Waals surface area contributed by atoms with Crippen LogP contribution >= 0.6 is 0 Å². The summed E-state index contributed by atoms with van der Waals surface area (Å²) < 4.78 is 6.84. The van der Waals surface area contributed by atoms with Crippen LogP contribution in [0.2, 0.25) is 4.82 Å². The van der Waals surface area contributed by atoms with E-state index in [0.717, 1.165) is 11.1 Å². The molecule has 2 rings (SSSR count). The van der Waals surface area contributed by atoms with Gasteiger partial charge in [-0.15, -0.1) is 0 Å². The van der Waals surface area contributed by atoms with Crippen molar-refractivity contribution in [2.24, 2.45) is 5.92 Å². The Morgan fingerprint density at radius 3 is 2.15 bits per heavy atom. The quantitative estimate of drug-likeness (QED) is 0.572. The van der Waals surface area contributed by atoms with Crippen molar-refractivity contribution >= 4 is 25.4 Å². The van der Waals surface area contributed by atoms with Gasteiger partial charge in [0.05, 0.1) is 0 Å². The molecule has 3 nitrogen and oxygen atoms in total. The molecular formula is C22H28O3Se. The van der Waals surface area contributed by atoms with E-state index in [1.807, 2.05) is 77.1 Å². The number of aryl methyl sites for hydroxylation is 1. The normalized spacial score (nSPS) is 15.2. The fourth-order valence-corrected chi connectivity index (χ4v) is 5.12. The Kier molecular flexibility index (Phi) is 7.05. The SMILES string of the molecule is Cc1ccc([C@H](O)[C@@H](C(=O)OC(C)(C)C)[C@@H](C)[Se]c2ccccc2)cc1. The molecule has 4 heteroatoms. The predicted octanol–water partition coefficient (Wildman–Crippen LogP) is 3.82. The van der Waals surface area contributed by atoms with Gasteiger partial charge in [-0.3, -0.25) is 0 Å². The maximum atomic E-state index is 12.9. The zero-order chi connectivity index (χ0) is 19.3. The second-order valence-electron chi connectivity index (χ2n) is 7.55. The Morgan fingerprint density at radius 2 is 1.62 bits per heavy atom. The minimum atomic E-state index is -0.883. The van der Waals surface area contributed by atoms with Gasteiger partial charge in [-0.05, 0) is 0 Å². The van der Waals surface area contributed by atoms with Crippen molar-refractivity contribution in [3.8, 4) is 0 Å². The fraction of sp³-hybridized carbons (Fsp3) is 0.409. The molecule has 0 saturated carbocycles. The number of aliphatic hydroxyl groups is 1. The van der Waals surface area contributed by atoms with E-state index in [2.05, 4.69) is 12.1 Å². The van der Waals surface area contributed by atoms with E-state index in [1.54, 1.807) is 0 Å². The van der Waals surface area contributed by atoms with E-state index in [0.29, 0.717) is 0 Å². The van der Waals surface area contributed by atoms with Crippen LogP contribution in [-0.4, -0.2) is 31.6 Å². The third kappa shape index (κ3) is 5.98. The number of carbonyl (C=O) groups is 1. The second kappa shape index (κ2) is 8.85. The van der Waals surface area contributed by atoms with Gasteiger partial charge in [0.2, 0.25) is 0 Å². The van der Waals surface area contributed by atoms with E-state index in [-0.39, 0.29) is 25.7 Å². The van der Waals surface area contributed by atoms with E-state index < -0.39 is 17.6 Å². The molecule has 1 N–H and O–H groups in total. The maximum absolute atomic E-state index is 12.9. The number of hydrogen-bond donors (Lipinski definition) is 1. The van der Waals surface area contributed by atoms with E-state index in [1.165, 1.54) is 4.46 Å². The molecule has 0 aromatic heterocycles. The van der Waals surface area contributed by atoms with Gasteiger partial charge in [0, 0.05) is 0 Å². The van der Waals surface area contributed by atoms with E-state index in [4.69, 9.17) is 4.74 Å². The second-order valence-corrected chi connectivity index (χ2v) is 10.6. The molecule has 0 fully saturated rings. The van der Waals surface area contributed by atoms with Gasteiger partial charge in [0.25, 0.3) is 0 Å². The summed E-state index contributed by atoms with van der Waals surface area (Å²) in [4.78, 5) is 12.9. The molecule has 0 saturated heterocycles. The molecule has 0 amide bonds. The van der Waals surface area contributed by atoms with E-state index in [9.17, 15) is 9.90 Å². The predicted molar refractivity (Wildman–Crippen MR) is 107 cm³/mol. The summed E-state index contributed by atoms with van der Waals surface area (Å²) in [5.41, 5.74) is 1.29. The van der Waals surface area contributed by atoms with Gasteiger partial charge in [-0.1, -0.05) is 0 Å². The van der Waals surface area contributed by atoms with Gasteiger partial charge in [0.15, 0.2) is 0 Å². The molecule has 0 bridgehead atoms. The van der Waals surface area contributed by atoms with Crippen LogP contribution in [0, 0.1) is 12.8 Å². The van der Waals surface area contributed by atoms with Crippen LogP contribution in [0.3, 0.4) is 0 Å². The van der Waals surface area contributed by atoms with Gasteiger partial charge in [-0.25, -0.2) is 0 Å². The van der Waals surface area contributed by atoms with Crippen molar-refractivity contribution in [1.29, 1.82) is 0 Å². The molecule has 0 aliphatic carbocycles. The van der Waals surface area contributed by atoms with Crippen LogP contribution in [0.4, 0.5) is 0 Å². The molecule has 140 valence electrons. The standard InChI is InChI=1S/C22H28O3Se/c1-15-11-13-17(14-12-15)20(23)19(21(24)25-22(3,4)5)16(2)26-18-9-7-6-8-10-18/h6-14,16,19-20,23H,1-5H3/t16-,19+,20+/m1/s1. The fourth-order valence-electron chi connectivity index (χ4n) is 2.71. The summed E-state index contributed by atoms with van der Waals surface area (Å²) in [6, 6.07) is 17.8. The molecule has 0 aliphatic rings. The van der Waals surface area contributed by atoms with Crippen molar-refractivity contribution in [2.75, 3.05) is 0 Å². The summed E-state index contributed by atoms with van der Waals surface area (Å²) >= 11 is 0.0501. The van der Waals surface area contributed by atoms with Crippen molar-refractivity contribution in [2.45, 2.75) is 51.1 Å². The zero-order valence-corrected chi connectivity index (χ0v) is 17.8. The number of ether oxygens (including phenoxy) is 1. The third-order valence-corrected chi connectivity index (χ3v) is 6.55. The molecule has 2 aromatic rings. The number of benzene rings is 2. The van der Waals surface area contributed by atoms with Crippen LogP contribution in [0.1, 0.15) is 44.9 Å². The third-order valence-electron chi connectivity index (χ3n) is 4.01. The topological polar surface area (TPSA) is 46.5 Å². The summed E-state index contributed by atoms with van der Waals surface area (Å²) in [7, 11) is 0. The molecule has 26 heavy (non-hydrogen) atoms. The van der Waals surface area contributed by atoms with Crippen molar-refractivity contribution in [1.82, 2.24) is 0 Å². The summed E-state index contributed by atoms with van der Waals surface area (Å²) in [5, 5.41) is 11.0. The van der Waals surface area contributed by atoms with Crippen molar-refractivity contribution < 1.29 is 14.6 Å². The van der Waals surface area contributed by atoms with Gasteiger partial charge >= 0.3 is 163 Å². The summed E-state index contributed by atoms with van der Waals surface area (Å²) in [6.45, 7) is 9.59. The average molecular weight is 419 g/mol. The molecule has 3 atom stereocenters. The van der Waals surface area contributed by atoms with E-state index >= 15 is 0 Å². The van der Waals surface area contributed by atoms with Crippen LogP contribution in [-0.2, 0) is 9.53 Å². The first-order chi connectivity index (χ1) is 12.2. The monoisotopic (exact) mass is 420 g/mol. The number of aliphatic hydroxyl groups excluding tert-OH is 1. The number of carbonyl (C=O) groups excluding carboxylic acids is 1. The van der Waals surface area contributed by atoms with Crippen LogP contribution in [0.5, 0.6) is 0 Å². The van der Waals surface area contributed by atoms with Crippen molar-refractivity contribution in [3.63, 3.8) is 0 Å². The Morgan fingerprint density at radius 1 is 1.04 bits per heavy atom. The summed E-state index contributed by atoms with van der Waals surface area (Å²) in [6.07, 6.45) is -0.883. The molecule has 2 aromatic carbocycles. The van der Waals surface area contributed by atoms with Crippen LogP contribution in [0.15, 0.2) is 54.6 Å². The molecule has 0 aliphatic heterocycles. The van der Waals surface area contributed by atoms with Gasteiger partial charge in [-0.2, -0.15) is 0 Å². The van der Waals surface area contributed by atoms with Gasteiger partial charge in [0.1, 0.15) is 0 Å². The summed E-state index contributed by atoms with van der Waals surface area (Å²) in [5.74, 6) is -0.937. The average Bonchev–Trinajstić information content (AvgIpc) is 2.54. The molecule has 0 heterocycles. The Bertz CT molecular complexity index is 704. The number of esters is 1. The first-order valence-electron chi connectivity index (χ1n) is 8.86. The molecular weight excluding hydrogens is 391 g/mol. The van der Waals surface area contributed by atoms with Gasteiger partial charge < -0.3 is 0 Å². The first-order valence-corrected chi connectivity index (χ1v) is 10.7. The Labute approximate surface area is 162 Å². The van der Waals surface area contributed by atoms with Crippen molar-refractivity contribution in [3.05, 3.63) is 65.7 Å². The molecule has 0 spiro atoms. The zero-order valence-electron chi connectivity index (χ0n) is 16.1. The number of hydrogen-bond acceptors (Lipinski definition) is 3. The molecule has 0 unspecified atom stereocenters. The van der Waals surface area contributed by atoms with Crippen LogP contribution in [0.25, 0.3) is 0 Å². The first kappa shape index (κ1) is 20.7. The molecule has 0 radical (unpaired) electrons. The Hall–Kier alpha value is -1.61. The number of rotatable bonds is 6. The van der Waals surface area contributed by atoms with Crippen LogP contribution < -0.4 is 4.46 Å². The minimum absolute atomic E-state index is 0.00365. The Balaban J connectivity index is 2.28.